The molecule has 3 rings (SSSR count). The Labute approximate surface area is 140 Å². The molecule has 0 aliphatic heterocycles. The fraction of sp³-hybridized carbons (Fsp3) is 0.118. The van der Waals surface area contributed by atoms with Crippen molar-refractivity contribution in [3.05, 3.63) is 65.3 Å². The number of pyridine rings is 1. The van der Waals surface area contributed by atoms with Crippen LogP contribution in [0.25, 0.3) is 10.9 Å². The van der Waals surface area contributed by atoms with Gasteiger partial charge in [0.15, 0.2) is 11.5 Å². The summed E-state index contributed by atoms with van der Waals surface area (Å²) in [6.45, 7) is 0.475. The number of methoxy groups -OCH3 is 1. The maximum Gasteiger partial charge on any atom is 0.163 e. The summed E-state index contributed by atoms with van der Waals surface area (Å²) in [5.74, 6) is 1.30. The van der Waals surface area contributed by atoms with E-state index < -0.39 is 0 Å². The Morgan fingerprint density at radius 1 is 1.05 bits per heavy atom. The largest absolute Gasteiger partial charge is 0.493 e. The van der Waals surface area contributed by atoms with Crippen molar-refractivity contribution in [1.82, 2.24) is 4.98 Å². The van der Waals surface area contributed by atoms with E-state index in [2.05, 4.69) is 4.98 Å². The molecule has 0 N–H and O–H groups in total. The molecule has 2 aromatic carbocycles. The van der Waals surface area contributed by atoms with Crippen LogP contribution in [0.3, 0.4) is 0 Å². The van der Waals surface area contributed by atoms with Crippen LogP contribution in [0.5, 0.6) is 11.5 Å². The van der Waals surface area contributed by atoms with E-state index in [1.165, 1.54) is 0 Å². The predicted molar refractivity (Wildman–Crippen MR) is 91.3 cm³/mol. The highest BCUT2D eigenvalue weighted by Crippen LogP contribution is 2.34. The van der Waals surface area contributed by atoms with Gasteiger partial charge in [0.05, 0.1) is 17.6 Å². The van der Waals surface area contributed by atoms with Crippen molar-refractivity contribution in [2.75, 3.05) is 7.11 Å². The van der Waals surface area contributed by atoms with Gasteiger partial charge < -0.3 is 9.47 Å². The molecule has 0 bridgehead atoms. The summed E-state index contributed by atoms with van der Waals surface area (Å²) in [5, 5.41) is 1.50. The lowest BCUT2D eigenvalue weighted by molar-refractivity contribution is 0.285. The van der Waals surface area contributed by atoms with E-state index in [0.29, 0.717) is 23.1 Å². The van der Waals surface area contributed by atoms with E-state index in [-0.39, 0.29) is 12.4 Å². The molecule has 1 aromatic heterocycles. The van der Waals surface area contributed by atoms with Crippen LogP contribution in [-0.4, -0.2) is 12.1 Å². The third kappa shape index (κ3) is 3.43. The van der Waals surface area contributed by atoms with Crippen molar-refractivity contribution >= 4 is 34.9 Å². The first-order valence-corrected chi connectivity index (χ1v) is 6.94. The van der Waals surface area contributed by atoms with Crippen molar-refractivity contribution in [3.8, 4) is 11.5 Å². The lowest BCUT2D eigenvalue weighted by Crippen LogP contribution is -1.98. The van der Waals surface area contributed by atoms with Gasteiger partial charge in [-0.1, -0.05) is 41.9 Å². The van der Waals surface area contributed by atoms with Crippen LogP contribution >= 0.6 is 24.0 Å². The third-order valence-corrected chi connectivity index (χ3v) is 3.54. The van der Waals surface area contributed by atoms with E-state index >= 15 is 0 Å². The zero-order chi connectivity index (χ0) is 14.7. The second-order valence-electron chi connectivity index (χ2n) is 4.59. The number of halogens is 2. The molecule has 5 heteroatoms. The maximum atomic E-state index is 6.17. The van der Waals surface area contributed by atoms with Gasteiger partial charge in [-0.15, -0.1) is 12.4 Å². The fourth-order valence-electron chi connectivity index (χ4n) is 2.13. The highest BCUT2D eigenvalue weighted by atomic mass is 35.5. The second kappa shape index (κ2) is 7.34. The van der Waals surface area contributed by atoms with Crippen molar-refractivity contribution in [1.29, 1.82) is 0 Å². The first-order chi connectivity index (χ1) is 10.3. The first kappa shape index (κ1) is 16.4. The number of hydrogen-bond acceptors (Lipinski definition) is 3. The smallest absolute Gasteiger partial charge is 0.163 e. The summed E-state index contributed by atoms with van der Waals surface area (Å²) in [5.41, 5.74) is 1.88. The number of ether oxygens (including phenoxy) is 2. The molecule has 22 heavy (non-hydrogen) atoms. The summed E-state index contributed by atoms with van der Waals surface area (Å²) >= 11 is 6.17. The summed E-state index contributed by atoms with van der Waals surface area (Å²) in [6, 6.07) is 15.4. The number of fused-ring (bicyclic) bond motifs is 1. The minimum absolute atomic E-state index is 0. The summed E-state index contributed by atoms with van der Waals surface area (Å²) in [6.07, 6.45) is 1.68. The van der Waals surface area contributed by atoms with Gasteiger partial charge in [-0.25, -0.2) is 0 Å². The molecule has 0 fully saturated rings. The van der Waals surface area contributed by atoms with Crippen molar-refractivity contribution < 1.29 is 9.47 Å². The molecular formula is C17H15Cl2NO2. The molecule has 1 heterocycles. The van der Waals surface area contributed by atoms with E-state index in [9.17, 15) is 0 Å². The van der Waals surface area contributed by atoms with Gasteiger partial charge in [0.2, 0.25) is 0 Å². The summed E-state index contributed by atoms with van der Waals surface area (Å²) in [4.78, 5) is 4.31. The average Bonchev–Trinajstić information content (AvgIpc) is 2.53. The third-order valence-electron chi connectivity index (χ3n) is 3.21. The van der Waals surface area contributed by atoms with Crippen LogP contribution in [0.4, 0.5) is 0 Å². The van der Waals surface area contributed by atoms with Gasteiger partial charge in [-0.3, -0.25) is 4.98 Å². The Morgan fingerprint density at radius 3 is 2.55 bits per heavy atom. The van der Waals surface area contributed by atoms with Crippen LogP contribution in [0.2, 0.25) is 5.02 Å². The molecule has 0 saturated heterocycles. The first-order valence-electron chi connectivity index (χ1n) is 6.57. The quantitative estimate of drug-likeness (QED) is 0.679. The van der Waals surface area contributed by atoms with Crippen LogP contribution in [0.1, 0.15) is 5.56 Å². The maximum absolute atomic E-state index is 6.17. The summed E-state index contributed by atoms with van der Waals surface area (Å²) in [7, 11) is 1.61. The Balaban J connectivity index is 0.00000176. The van der Waals surface area contributed by atoms with Gasteiger partial charge >= 0.3 is 0 Å². The van der Waals surface area contributed by atoms with Crippen LogP contribution < -0.4 is 9.47 Å². The van der Waals surface area contributed by atoms with Crippen molar-refractivity contribution in [3.63, 3.8) is 0 Å². The van der Waals surface area contributed by atoms with Gasteiger partial charge in [-0.2, -0.15) is 0 Å². The minimum atomic E-state index is 0. The molecule has 3 nitrogen and oxygen atoms in total. The van der Waals surface area contributed by atoms with Gasteiger partial charge in [0.25, 0.3) is 0 Å². The van der Waals surface area contributed by atoms with Crippen LogP contribution in [-0.2, 0) is 6.61 Å². The molecule has 0 radical (unpaired) electrons. The van der Waals surface area contributed by atoms with E-state index in [1.807, 2.05) is 42.5 Å². The van der Waals surface area contributed by atoms with Gasteiger partial charge in [0, 0.05) is 17.6 Å². The molecule has 0 atom stereocenters. The second-order valence-corrected chi connectivity index (χ2v) is 4.99. The monoisotopic (exact) mass is 335 g/mol. The average molecular weight is 336 g/mol. The molecular weight excluding hydrogens is 321 g/mol. The molecule has 0 aliphatic rings. The molecule has 114 valence electrons. The number of nitrogens with zero attached hydrogens (tertiary/aromatic N) is 1. The standard InChI is InChI=1S/C17H14ClNO2.ClH/c1-20-16-9-13-14(18)7-8-19-15(13)10-17(16)21-11-12-5-3-2-4-6-12;/h2-10H,11H2,1H3;1H. The van der Waals surface area contributed by atoms with E-state index in [4.69, 9.17) is 21.1 Å². The van der Waals surface area contributed by atoms with Crippen molar-refractivity contribution in [2.45, 2.75) is 6.61 Å². The lowest BCUT2D eigenvalue weighted by Gasteiger charge is -2.12. The molecule has 0 spiro atoms. The Hall–Kier alpha value is -1.97. The van der Waals surface area contributed by atoms with Gasteiger partial charge in [-0.05, 0) is 17.7 Å². The van der Waals surface area contributed by atoms with E-state index in [0.717, 1.165) is 16.5 Å². The zero-order valence-electron chi connectivity index (χ0n) is 12.0. The highest BCUT2D eigenvalue weighted by Gasteiger charge is 2.10. The fourth-order valence-corrected chi connectivity index (χ4v) is 2.34. The lowest BCUT2D eigenvalue weighted by atomic mass is 10.2. The molecule has 0 aliphatic carbocycles. The molecule has 0 saturated carbocycles. The van der Waals surface area contributed by atoms with E-state index in [1.54, 1.807) is 19.4 Å². The number of hydrogen-bond donors (Lipinski definition) is 0. The molecule has 3 aromatic rings. The highest BCUT2D eigenvalue weighted by molar-refractivity contribution is 6.35. The summed E-state index contributed by atoms with van der Waals surface area (Å²) < 4.78 is 11.2. The minimum Gasteiger partial charge on any atom is -0.493 e. The molecule has 0 unspecified atom stereocenters. The topological polar surface area (TPSA) is 31.4 Å². The SMILES string of the molecule is COc1cc2c(Cl)ccnc2cc1OCc1ccccc1.Cl. The number of benzene rings is 2. The Bertz CT molecular complexity index is 763. The normalized spacial score (nSPS) is 10.1. The zero-order valence-corrected chi connectivity index (χ0v) is 13.5. The Morgan fingerprint density at radius 2 is 1.82 bits per heavy atom. The predicted octanol–water partition coefficient (Wildman–Crippen LogP) is 4.90. The number of rotatable bonds is 4. The number of aromatic nitrogens is 1. The van der Waals surface area contributed by atoms with Gasteiger partial charge in [0.1, 0.15) is 6.61 Å². The molecule has 0 amide bonds. The van der Waals surface area contributed by atoms with Crippen molar-refractivity contribution in [2.24, 2.45) is 0 Å². The Kier molecular flexibility index (Phi) is 5.47. The van der Waals surface area contributed by atoms with Crippen LogP contribution in [0, 0.1) is 0 Å². The van der Waals surface area contributed by atoms with Crippen LogP contribution in [0.15, 0.2) is 54.7 Å².